The number of benzene rings is 1. The van der Waals surface area contributed by atoms with Gasteiger partial charge in [-0.15, -0.1) is 0 Å². The van der Waals surface area contributed by atoms with E-state index in [-0.39, 0.29) is 5.91 Å². The van der Waals surface area contributed by atoms with E-state index in [0.717, 1.165) is 38.4 Å². The number of aromatic nitrogens is 4. The zero-order valence-corrected chi connectivity index (χ0v) is 16.0. The van der Waals surface area contributed by atoms with E-state index in [1.807, 2.05) is 30.3 Å². The first-order valence-corrected chi connectivity index (χ1v) is 9.19. The van der Waals surface area contributed by atoms with Crippen molar-refractivity contribution in [2.24, 2.45) is 0 Å². The molecule has 5 aromatic rings. The summed E-state index contributed by atoms with van der Waals surface area (Å²) in [6, 6.07) is 11.4. The molecule has 2 N–H and O–H groups in total. The van der Waals surface area contributed by atoms with Gasteiger partial charge in [0, 0.05) is 65.5 Å². The Kier molecular flexibility index (Phi) is 3.87. The van der Waals surface area contributed by atoms with Crippen LogP contribution in [0.15, 0.2) is 61.2 Å². The first kappa shape index (κ1) is 17.1. The molecule has 29 heavy (non-hydrogen) atoms. The van der Waals surface area contributed by atoms with Crippen LogP contribution in [-0.2, 0) is 0 Å². The number of nitrogens with zero attached hydrogens (tertiary/aromatic N) is 4. The van der Waals surface area contributed by atoms with Crippen LogP contribution in [0.5, 0.6) is 0 Å². The highest BCUT2D eigenvalue weighted by molar-refractivity contribution is 6.20. The number of pyridine rings is 3. The third-order valence-corrected chi connectivity index (χ3v) is 4.93. The molecular weight excluding hydrogens is 364 g/mol. The van der Waals surface area contributed by atoms with Gasteiger partial charge in [0.05, 0.1) is 11.7 Å². The maximum Gasteiger partial charge on any atom is 0.253 e. The highest BCUT2D eigenvalue weighted by Crippen LogP contribution is 2.34. The summed E-state index contributed by atoms with van der Waals surface area (Å²) >= 11 is 0. The fourth-order valence-corrected chi connectivity index (χ4v) is 3.58. The molecule has 5 rings (SSSR count). The van der Waals surface area contributed by atoms with Crippen LogP contribution in [0.1, 0.15) is 10.4 Å². The third-order valence-electron chi connectivity index (χ3n) is 4.93. The number of fused-ring (bicyclic) bond motifs is 5. The quantitative estimate of drug-likeness (QED) is 0.490. The van der Waals surface area contributed by atoms with Crippen molar-refractivity contribution in [3.8, 4) is 0 Å². The van der Waals surface area contributed by atoms with Crippen LogP contribution in [0, 0.1) is 0 Å². The van der Waals surface area contributed by atoms with Crippen molar-refractivity contribution in [1.82, 2.24) is 24.8 Å². The minimum absolute atomic E-state index is 0.0493. The third kappa shape index (κ3) is 2.84. The Labute approximate surface area is 166 Å². The lowest BCUT2D eigenvalue weighted by molar-refractivity contribution is 0.0827. The van der Waals surface area contributed by atoms with Gasteiger partial charge in [-0.3, -0.25) is 14.8 Å². The molecule has 4 heterocycles. The standard InChI is InChI=1S/C22H18N6O/c1-28(2)22(29)13-4-3-5-14(10-13)25-20-17-11-23-8-6-15(17)19-16-7-9-24-12-18(16)26-21(19)27-20/h3-12H,1-2H3,(H2,25,26,27). The summed E-state index contributed by atoms with van der Waals surface area (Å²) in [7, 11) is 3.48. The van der Waals surface area contributed by atoms with Gasteiger partial charge in [-0.1, -0.05) is 6.07 Å². The summed E-state index contributed by atoms with van der Waals surface area (Å²) in [5.74, 6) is 0.626. The van der Waals surface area contributed by atoms with Crippen LogP contribution in [-0.4, -0.2) is 44.8 Å². The molecule has 0 aliphatic heterocycles. The Morgan fingerprint density at radius 1 is 1.00 bits per heavy atom. The molecule has 0 fully saturated rings. The molecule has 0 saturated carbocycles. The second kappa shape index (κ2) is 6.56. The Morgan fingerprint density at radius 2 is 1.79 bits per heavy atom. The largest absolute Gasteiger partial charge is 0.345 e. The minimum atomic E-state index is -0.0493. The molecule has 4 aromatic heterocycles. The lowest BCUT2D eigenvalue weighted by atomic mass is 10.1. The molecule has 0 spiro atoms. The SMILES string of the molecule is CN(C)C(=O)c1cccc(Nc2nc3[nH]c4cnccc4c3c3ccncc23)c1. The Morgan fingerprint density at radius 3 is 2.62 bits per heavy atom. The van der Waals surface area contributed by atoms with E-state index in [1.165, 1.54) is 0 Å². The van der Waals surface area contributed by atoms with Crippen molar-refractivity contribution in [3.05, 3.63) is 66.7 Å². The van der Waals surface area contributed by atoms with Crippen LogP contribution in [0.3, 0.4) is 0 Å². The smallest absolute Gasteiger partial charge is 0.253 e. The average molecular weight is 382 g/mol. The number of amides is 1. The van der Waals surface area contributed by atoms with Gasteiger partial charge in [0.15, 0.2) is 0 Å². The normalized spacial score (nSPS) is 11.2. The minimum Gasteiger partial charge on any atom is -0.345 e. The lowest BCUT2D eigenvalue weighted by Crippen LogP contribution is -2.21. The van der Waals surface area contributed by atoms with Crippen molar-refractivity contribution in [3.63, 3.8) is 0 Å². The maximum absolute atomic E-state index is 12.3. The predicted octanol–water partition coefficient (Wildman–Crippen LogP) is 4.10. The number of H-pyrrole nitrogens is 1. The number of carbonyl (C=O) groups excluding carboxylic acids is 1. The molecule has 7 heteroatoms. The van der Waals surface area contributed by atoms with E-state index in [4.69, 9.17) is 4.98 Å². The summed E-state index contributed by atoms with van der Waals surface area (Å²) in [5, 5.41) is 7.43. The number of aromatic amines is 1. The van der Waals surface area contributed by atoms with Crippen LogP contribution in [0.2, 0.25) is 0 Å². The molecule has 1 aromatic carbocycles. The Hall–Kier alpha value is -4.00. The van der Waals surface area contributed by atoms with E-state index in [1.54, 1.807) is 49.8 Å². The second-order valence-corrected chi connectivity index (χ2v) is 7.06. The molecule has 7 nitrogen and oxygen atoms in total. The summed E-state index contributed by atoms with van der Waals surface area (Å²) < 4.78 is 0. The van der Waals surface area contributed by atoms with Crippen LogP contribution < -0.4 is 5.32 Å². The fraction of sp³-hybridized carbons (Fsp3) is 0.0909. The molecule has 1 amide bonds. The topological polar surface area (TPSA) is 86.8 Å². The number of hydrogen-bond donors (Lipinski definition) is 2. The van der Waals surface area contributed by atoms with E-state index >= 15 is 0 Å². The number of anilines is 2. The molecule has 0 bridgehead atoms. The first-order valence-electron chi connectivity index (χ1n) is 9.19. The maximum atomic E-state index is 12.3. The van der Waals surface area contributed by atoms with Crippen molar-refractivity contribution >= 4 is 50.1 Å². The van der Waals surface area contributed by atoms with Crippen molar-refractivity contribution < 1.29 is 4.79 Å². The van der Waals surface area contributed by atoms with Crippen molar-refractivity contribution in [2.45, 2.75) is 0 Å². The highest BCUT2D eigenvalue weighted by atomic mass is 16.2. The summed E-state index contributed by atoms with van der Waals surface area (Å²) in [6.45, 7) is 0. The molecule has 0 aliphatic rings. The Balaban J connectivity index is 1.68. The summed E-state index contributed by atoms with van der Waals surface area (Å²) in [6.07, 6.45) is 7.16. The van der Waals surface area contributed by atoms with E-state index in [9.17, 15) is 4.79 Å². The number of rotatable bonds is 3. The zero-order chi connectivity index (χ0) is 20.0. The molecular formula is C22H18N6O. The first-order chi connectivity index (χ1) is 14.1. The van der Waals surface area contributed by atoms with Gasteiger partial charge in [-0.25, -0.2) is 4.98 Å². The zero-order valence-electron chi connectivity index (χ0n) is 16.0. The number of nitrogens with one attached hydrogen (secondary N) is 2. The van der Waals surface area contributed by atoms with Gasteiger partial charge in [0.2, 0.25) is 0 Å². The van der Waals surface area contributed by atoms with Crippen LogP contribution in [0.25, 0.3) is 32.7 Å². The molecule has 142 valence electrons. The highest BCUT2D eigenvalue weighted by Gasteiger charge is 2.14. The molecule has 0 unspecified atom stereocenters. The summed E-state index contributed by atoms with van der Waals surface area (Å²) in [4.78, 5) is 30.5. The second-order valence-electron chi connectivity index (χ2n) is 7.06. The number of carbonyl (C=O) groups is 1. The molecule has 0 saturated heterocycles. The molecule has 0 atom stereocenters. The van der Waals surface area contributed by atoms with Gasteiger partial charge in [0.25, 0.3) is 5.91 Å². The average Bonchev–Trinajstić information content (AvgIpc) is 3.12. The summed E-state index contributed by atoms with van der Waals surface area (Å²) in [5.41, 5.74) is 3.10. The van der Waals surface area contributed by atoms with Crippen molar-refractivity contribution in [1.29, 1.82) is 0 Å². The molecule has 0 aliphatic carbocycles. The Bertz CT molecular complexity index is 1390. The van der Waals surface area contributed by atoms with Gasteiger partial charge in [0.1, 0.15) is 11.5 Å². The van der Waals surface area contributed by atoms with Gasteiger partial charge in [-0.05, 0) is 30.3 Å². The molecule has 0 radical (unpaired) electrons. The lowest BCUT2D eigenvalue weighted by Gasteiger charge is -2.13. The number of hydrogen-bond acceptors (Lipinski definition) is 5. The van der Waals surface area contributed by atoms with E-state index < -0.39 is 0 Å². The van der Waals surface area contributed by atoms with Crippen LogP contribution >= 0.6 is 0 Å². The van der Waals surface area contributed by atoms with Crippen molar-refractivity contribution in [2.75, 3.05) is 19.4 Å². The van der Waals surface area contributed by atoms with Gasteiger partial charge >= 0.3 is 0 Å². The van der Waals surface area contributed by atoms with E-state index in [2.05, 4.69) is 20.3 Å². The van der Waals surface area contributed by atoms with Gasteiger partial charge in [-0.2, -0.15) is 0 Å². The van der Waals surface area contributed by atoms with Gasteiger partial charge < -0.3 is 15.2 Å². The monoisotopic (exact) mass is 382 g/mol. The van der Waals surface area contributed by atoms with Crippen LogP contribution in [0.4, 0.5) is 11.5 Å². The van der Waals surface area contributed by atoms with E-state index in [0.29, 0.717) is 11.4 Å². The predicted molar refractivity (Wildman–Crippen MR) is 114 cm³/mol. The fourth-order valence-electron chi connectivity index (χ4n) is 3.58.